The monoisotopic (exact) mass is 354 g/mol. The number of nitrogens with one attached hydrogen (secondary N) is 1. The Balaban J connectivity index is 2.96. The van der Waals surface area contributed by atoms with E-state index in [-0.39, 0.29) is 9.56 Å². The molecule has 0 spiro atoms. The van der Waals surface area contributed by atoms with Gasteiger partial charge in [-0.3, -0.25) is 0 Å². The third-order valence-corrected chi connectivity index (χ3v) is 5.17. The lowest BCUT2D eigenvalue weighted by atomic mass is 10.4. The Kier molecular flexibility index (Phi) is 5.53. The van der Waals surface area contributed by atoms with Gasteiger partial charge < -0.3 is 14.8 Å². The Hall–Kier alpha value is -0.900. The van der Waals surface area contributed by atoms with Gasteiger partial charge in [0.25, 0.3) is 0 Å². The number of nitrogens with zero attached hydrogens (tertiary/aromatic N) is 1. The lowest BCUT2D eigenvalue weighted by Gasteiger charge is -2.15. The molecule has 1 rings (SSSR count). The largest absolute Gasteiger partial charge is 0.475 e. The number of carboxylic acids is 1. The SMILES string of the molecule is CNCCCN(C)S(=O)(=O)c1cc(C(=O)O)oc1Br. The van der Waals surface area contributed by atoms with Gasteiger partial charge in [-0.05, 0) is 35.9 Å². The number of hydrogen-bond donors (Lipinski definition) is 2. The van der Waals surface area contributed by atoms with Crippen LogP contribution in [0.3, 0.4) is 0 Å². The number of sulfonamides is 1. The average Bonchev–Trinajstić information content (AvgIpc) is 2.72. The van der Waals surface area contributed by atoms with Crippen LogP contribution in [0.4, 0.5) is 0 Å². The van der Waals surface area contributed by atoms with Crippen LogP contribution in [0.2, 0.25) is 0 Å². The molecule has 1 heterocycles. The number of aromatic carboxylic acids is 1. The van der Waals surface area contributed by atoms with Crippen LogP contribution in [0.1, 0.15) is 17.0 Å². The number of carboxylic acid groups (broad SMARTS) is 1. The second-order valence-electron chi connectivity index (χ2n) is 3.84. The van der Waals surface area contributed by atoms with E-state index in [1.54, 1.807) is 7.05 Å². The third-order valence-electron chi connectivity index (χ3n) is 2.45. The molecule has 1 aromatic heterocycles. The summed E-state index contributed by atoms with van der Waals surface area (Å²) in [4.78, 5) is 10.6. The molecule has 19 heavy (non-hydrogen) atoms. The molecule has 108 valence electrons. The maximum atomic E-state index is 12.2. The van der Waals surface area contributed by atoms with E-state index >= 15 is 0 Å². The van der Waals surface area contributed by atoms with E-state index in [1.807, 2.05) is 0 Å². The van der Waals surface area contributed by atoms with Gasteiger partial charge in [-0.25, -0.2) is 17.5 Å². The second-order valence-corrected chi connectivity index (χ2v) is 6.57. The highest BCUT2D eigenvalue weighted by atomic mass is 79.9. The van der Waals surface area contributed by atoms with Crippen molar-refractivity contribution in [3.63, 3.8) is 0 Å². The zero-order chi connectivity index (χ0) is 14.6. The molecule has 1 aromatic rings. The highest BCUT2D eigenvalue weighted by molar-refractivity contribution is 9.10. The summed E-state index contributed by atoms with van der Waals surface area (Å²) >= 11 is 2.92. The van der Waals surface area contributed by atoms with Crippen molar-refractivity contribution in [2.45, 2.75) is 11.3 Å². The molecule has 0 saturated heterocycles. The summed E-state index contributed by atoms with van der Waals surface area (Å²) in [6, 6.07) is 0.996. The standard InChI is InChI=1S/C10H15BrN2O5S/c1-12-4-3-5-13(2)19(16,17)8-6-7(10(14)15)18-9(8)11/h6,12H,3-5H2,1-2H3,(H,14,15). The van der Waals surface area contributed by atoms with E-state index in [0.717, 1.165) is 10.4 Å². The minimum atomic E-state index is -3.76. The quantitative estimate of drug-likeness (QED) is 0.707. The number of rotatable bonds is 7. The molecule has 0 fully saturated rings. The molecule has 0 aliphatic heterocycles. The molecule has 0 aliphatic carbocycles. The van der Waals surface area contributed by atoms with Gasteiger partial charge in [0.2, 0.25) is 15.8 Å². The molecule has 0 bridgehead atoms. The molecule has 0 aliphatic rings. The molecule has 9 heteroatoms. The number of carbonyl (C=O) groups is 1. The summed E-state index contributed by atoms with van der Waals surface area (Å²) < 4.78 is 30.3. The zero-order valence-electron chi connectivity index (χ0n) is 10.5. The van der Waals surface area contributed by atoms with E-state index in [9.17, 15) is 13.2 Å². The van der Waals surface area contributed by atoms with Gasteiger partial charge in [0, 0.05) is 19.7 Å². The number of furan rings is 1. The highest BCUT2D eigenvalue weighted by Gasteiger charge is 2.28. The first kappa shape index (κ1) is 16.2. The predicted molar refractivity (Wildman–Crippen MR) is 71.7 cm³/mol. The Labute approximate surface area is 119 Å². The summed E-state index contributed by atoms with van der Waals surface area (Å²) in [7, 11) is -0.548. The smallest absolute Gasteiger partial charge is 0.371 e. The molecule has 0 atom stereocenters. The van der Waals surface area contributed by atoms with Crippen LogP contribution in [-0.2, 0) is 10.0 Å². The van der Waals surface area contributed by atoms with Crippen molar-refractivity contribution in [3.8, 4) is 0 Å². The van der Waals surface area contributed by atoms with Crippen molar-refractivity contribution >= 4 is 31.9 Å². The van der Waals surface area contributed by atoms with Crippen LogP contribution in [0.5, 0.6) is 0 Å². The number of hydrogen-bond acceptors (Lipinski definition) is 5. The normalized spacial score (nSPS) is 12.0. The summed E-state index contributed by atoms with van der Waals surface area (Å²) in [6.07, 6.45) is 0.646. The van der Waals surface area contributed by atoms with Crippen molar-refractivity contribution in [1.29, 1.82) is 0 Å². The summed E-state index contributed by atoms with van der Waals surface area (Å²) in [5, 5.41) is 11.7. The summed E-state index contributed by atoms with van der Waals surface area (Å²) in [5.74, 6) is -1.74. The first-order chi connectivity index (χ1) is 8.80. The maximum Gasteiger partial charge on any atom is 0.371 e. The second kappa shape index (κ2) is 6.51. The van der Waals surface area contributed by atoms with Crippen LogP contribution >= 0.6 is 15.9 Å². The van der Waals surface area contributed by atoms with Crippen LogP contribution in [0, 0.1) is 0 Å². The first-order valence-electron chi connectivity index (χ1n) is 5.44. The summed E-state index contributed by atoms with van der Waals surface area (Å²) in [5.41, 5.74) is 0. The predicted octanol–water partition coefficient (Wildman–Crippen LogP) is 0.970. The molecule has 7 nitrogen and oxygen atoms in total. The third kappa shape index (κ3) is 3.78. The van der Waals surface area contributed by atoms with Crippen molar-refractivity contribution in [3.05, 3.63) is 16.5 Å². The zero-order valence-corrected chi connectivity index (χ0v) is 12.9. The molecule has 0 aromatic carbocycles. The fourth-order valence-electron chi connectivity index (χ4n) is 1.40. The van der Waals surface area contributed by atoms with E-state index in [0.29, 0.717) is 19.5 Å². The number of halogens is 1. The van der Waals surface area contributed by atoms with Gasteiger partial charge in [-0.15, -0.1) is 0 Å². The molecule has 0 unspecified atom stereocenters. The van der Waals surface area contributed by atoms with Gasteiger partial charge in [0.05, 0.1) is 0 Å². The van der Waals surface area contributed by atoms with Crippen LogP contribution in [-0.4, -0.2) is 51.0 Å². The van der Waals surface area contributed by atoms with Crippen molar-refractivity contribution in [2.75, 3.05) is 27.2 Å². The molecular formula is C10H15BrN2O5S. The van der Waals surface area contributed by atoms with Crippen molar-refractivity contribution in [2.24, 2.45) is 0 Å². The molecule has 0 saturated carbocycles. The van der Waals surface area contributed by atoms with Gasteiger partial charge in [-0.1, -0.05) is 0 Å². The fraction of sp³-hybridized carbons (Fsp3) is 0.500. The Morgan fingerprint density at radius 3 is 2.68 bits per heavy atom. The first-order valence-corrected chi connectivity index (χ1v) is 7.67. The van der Waals surface area contributed by atoms with Crippen molar-refractivity contribution < 1.29 is 22.7 Å². The van der Waals surface area contributed by atoms with E-state index < -0.39 is 21.8 Å². The van der Waals surface area contributed by atoms with E-state index in [2.05, 4.69) is 21.2 Å². The van der Waals surface area contributed by atoms with Crippen molar-refractivity contribution in [1.82, 2.24) is 9.62 Å². The average molecular weight is 355 g/mol. The lowest BCUT2D eigenvalue weighted by Crippen LogP contribution is -2.29. The summed E-state index contributed by atoms with van der Waals surface area (Å²) in [6.45, 7) is 1.01. The minimum absolute atomic E-state index is 0.106. The fourth-order valence-corrected chi connectivity index (χ4v) is 3.51. The Morgan fingerprint density at radius 1 is 1.58 bits per heavy atom. The van der Waals surface area contributed by atoms with Crippen LogP contribution in [0.25, 0.3) is 0 Å². The Bertz CT molecular complexity index is 554. The highest BCUT2D eigenvalue weighted by Crippen LogP contribution is 2.28. The topological polar surface area (TPSA) is 99.9 Å². The molecular weight excluding hydrogens is 340 g/mol. The minimum Gasteiger partial charge on any atom is -0.475 e. The van der Waals surface area contributed by atoms with Crippen LogP contribution < -0.4 is 5.32 Å². The van der Waals surface area contributed by atoms with Gasteiger partial charge >= 0.3 is 5.97 Å². The van der Waals surface area contributed by atoms with E-state index in [4.69, 9.17) is 9.52 Å². The van der Waals surface area contributed by atoms with Gasteiger partial charge in [0.15, 0.2) is 4.67 Å². The van der Waals surface area contributed by atoms with Crippen LogP contribution in [0.15, 0.2) is 20.0 Å². The maximum absolute atomic E-state index is 12.2. The van der Waals surface area contributed by atoms with Gasteiger partial charge in [0.1, 0.15) is 4.90 Å². The van der Waals surface area contributed by atoms with E-state index in [1.165, 1.54) is 7.05 Å². The van der Waals surface area contributed by atoms with Gasteiger partial charge in [-0.2, -0.15) is 0 Å². The molecule has 0 amide bonds. The molecule has 0 radical (unpaired) electrons. The lowest BCUT2D eigenvalue weighted by molar-refractivity contribution is 0.0661. The molecule has 2 N–H and O–H groups in total. The Morgan fingerprint density at radius 2 is 2.21 bits per heavy atom.